The van der Waals surface area contributed by atoms with Gasteiger partial charge in [-0.25, -0.2) is 0 Å². The Morgan fingerprint density at radius 3 is 2.46 bits per heavy atom. The average molecular weight is 184 g/mol. The van der Waals surface area contributed by atoms with E-state index in [1.165, 1.54) is 0 Å². The molecule has 0 aromatic rings. The van der Waals surface area contributed by atoms with Crippen molar-refractivity contribution in [2.24, 2.45) is 11.7 Å². The van der Waals surface area contributed by atoms with Crippen molar-refractivity contribution in [3.63, 3.8) is 0 Å². The molecule has 0 bridgehead atoms. The lowest BCUT2D eigenvalue weighted by Gasteiger charge is -2.17. The van der Waals surface area contributed by atoms with Gasteiger partial charge in [0.15, 0.2) is 0 Å². The largest absolute Gasteiger partial charge is 0.369 e. The van der Waals surface area contributed by atoms with Gasteiger partial charge in [-0.3, -0.25) is 9.59 Å². The Morgan fingerprint density at radius 1 is 1.54 bits per heavy atom. The predicted octanol–water partition coefficient (Wildman–Crippen LogP) is 0.119. The molecule has 0 saturated heterocycles. The molecular formula is C9H16N2O2. The van der Waals surface area contributed by atoms with E-state index in [2.05, 4.69) is 0 Å². The standard InChI is InChI=1S/C9H16N2O2/c1-6(9(10)13)5-8(12)11(2)7-3-4-7/h6-7H,3-5H2,1-2H3,(H2,10,13). The number of hydrogen-bond acceptors (Lipinski definition) is 2. The van der Waals surface area contributed by atoms with Crippen LogP contribution in [0.1, 0.15) is 26.2 Å². The molecule has 0 spiro atoms. The Kier molecular flexibility index (Phi) is 2.90. The van der Waals surface area contributed by atoms with Crippen LogP contribution in [-0.2, 0) is 9.59 Å². The van der Waals surface area contributed by atoms with Gasteiger partial charge >= 0.3 is 0 Å². The van der Waals surface area contributed by atoms with Crippen LogP contribution in [0.5, 0.6) is 0 Å². The first kappa shape index (κ1) is 10.0. The van der Waals surface area contributed by atoms with Crippen molar-refractivity contribution in [3.8, 4) is 0 Å². The van der Waals surface area contributed by atoms with Crippen LogP contribution < -0.4 is 5.73 Å². The Labute approximate surface area is 78.1 Å². The van der Waals surface area contributed by atoms with Crippen molar-refractivity contribution in [1.29, 1.82) is 0 Å². The second kappa shape index (κ2) is 3.77. The maximum Gasteiger partial charge on any atom is 0.223 e. The van der Waals surface area contributed by atoms with Gasteiger partial charge in [-0.2, -0.15) is 0 Å². The van der Waals surface area contributed by atoms with Crippen molar-refractivity contribution in [1.82, 2.24) is 4.90 Å². The van der Waals surface area contributed by atoms with Gasteiger partial charge in [0, 0.05) is 25.4 Å². The molecule has 74 valence electrons. The van der Waals surface area contributed by atoms with Gasteiger partial charge in [-0.15, -0.1) is 0 Å². The molecule has 2 amide bonds. The summed E-state index contributed by atoms with van der Waals surface area (Å²) in [6.45, 7) is 1.68. The summed E-state index contributed by atoms with van der Waals surface area (Å²) in [4.78, 5) is 23.9. The van der Waals surface area contributed by atoms with E-state index in [9.17, 15) is 9.59 Å². The maximum atomic E-state index is 11.5. The number of primary amides is 1. The zero-order valence-corrected chi connectivity index (χ0v) is 8.12. The van der Waals surface area contributed by atoms with E-state index in [4.69, 9.17) is 5.73 Å². The molecule has 13 heavy (non-hydrogen) atoms. The Morgan fingerprint density at radius 2 is 2.08 bits per heavy atom. The molecule has 0 radical (unpaired) electrons. The molecule has 2 N–H and O–H groups in total. The fourth-order valence-corrected chi connectivity index (χ4v) is 1.17. The molecule has 4 nitrogen and oxygen atoms in total. The SMILES string of the molecule is CC(CC(=O)N(C)C1CC1)C(N)=O. The van der Waals surface area contributed by atoms with Gasteiger partial charge in [0.05, 0.1) is 0 Å². The quantitative estimate of drug-likeness (QED) is 0.674. The molecular weight excluding hydrogens is 168 g/mol. The molecule has 0 heterocycles. The van der Waals surface area contributed by atoms with Gasteiger partial charge in [-0.05, 0) is 12.8 Å². The summed E-state index contributed by atoms with van der Waals surface area (Å²) < 4.78 is 0. The van der Waals surface area contributed by atoms with E-state index < -0.39 is 5.91 Å². The first-order valence-corrected chi connectivity index (χ1v) is 4.57. The number of nitrogens with two attached hydrogens (primary N) is 1. The minimum atomic E-state index is -0.405. The highest BCUT2D eigenvalue weighted by atomic mass is 16.2. The molecule has 0 aliphatic heterocycles. The Hall–Kier alpha value is -1.06. The fourth-order valence-electron chi connectivity index (χ4n) is 1.17. The zero-order valence-electron chi connectivity index (χ0n) is 8.12. The lowest BCUT2D eigenvalue weighted by Crippen LogP contribution is -2.33. The first-order valence-electron chi connectivity index (χ1n) is 4.57. The van der Waals surface area contributed by atoms with Crippen molar-refractivity contribution in [2.75, 3.05) is 7.05 Å². The van der Waals surface area contributed by atoms with Gasteiger partial charge in [-0.1, -0.05) is 6.92 Å². The summed E-state index contributed by atoms with van der Waals surface area (Å²) in [7, 11) is 1.79. The number of rotatable bonds is 4. The van der Waals surface area contributed by atoms with Crippen LogP contribution in [-0.4, -0.2) is 29.8 Å². The molecule has 1 atom stereocenters. The number of amides is 2. The van der Waals surface area contributed by atoms with Crippen LogP contribution in [0.2, 0.25) is 0 Å². The fraction of sp³-hybridized carbons (Fsp3) is 0.778. The topological polar surface area (TPSA) is 63.4 Å². The first-order chi connectivity index (χ1) is 6.02. The number of carbonyl (C=O) groups excluding carboxylic acids is 2. The monoisotopic (exact) mass is 184 g/mol. The average Bonchev–Trinajstić information content (AvgIpc) is 2.85. The van der Waals surface area contributed by atoms with Gasteiger partial charge in [0.25, 0.3) is 0 Å². The summed E-state index contributed by atoms with van der Waals surface area (Å²) in [5, 5.41) is 0. The van der Waals surface area contributed by atoms with E-state index in [1.54, 1.807) is 18.9 Å². The van der Waals surface area contributed by atoms with E-state index in [-0.39, 0.29) is 18.2 Å². The molecule has 1 rings (SSSR count). The molecule has 1 fully saturated rings. The van der Waals surface area contributed by atoms with Crippen LogP contribution in [0.3, 0.4) is 0 Å². The summed E-state index contributed by atoms with van der Waals surface area (Å²) in [5.74, 6) is -0.736. The Balaban J connectivity index is 2.35. The van der Waals surface area contributed by atoms with Crippen LogP contribution in [0, 0.1) is 5.92 Å². The van der Waals surface area contributed by atoms with E-state index in [1.807, 2.05) is 0 Å². The van der Waals surface area contributed by atoms with E-state index in [0.29, 0.717) is 6.04 Å². The molecule has 1 unspecified atom stereocenters. The minimum absolute atomic E-state index is 0.0220. The lowest BCUT2D eigenvalue weighted by molar-refractivity contribution is -0.134. The molecule has 4 heteroatoms. The highest BCUT2D eigenvalue weighted by Gasteiger charge is 2.30. The second-order valence-corrected chi connectivity index (χ2v) is 3.74. The van der Waals surface area contributed by atoms with Gasteiger partial charge in [0.1, 0.15) is 0 Å². The van der Waals surface area contributed by atoms with Crippen molar-refractivity contribution < 1.29 is 9.59 Å². The van der Waals surface area contributed by atoms with Gasteiger partial charge < -0.3 is 10.6 Å². The van der Waals surface area contributed by atoms with Crippen molar-refractivity contribution >= 4 is 11.8 Å². The Bertz CT molecular complexity index is 224. The smallest absolute Gasteiger partial charge is 0.223 e. The minimum Gasteiger partial charge on any atom is -0.369 e. The molecule has 1 saturated carbocycles. The summed E-state index contributed by atoms with van der Waals surface area (Å²) in [5.41, 5.74) is 5.07. The number of nitrogens with zero attached hydrogens (tertiary/aromatic N) is 1. The third-order valence-corrected chi connectivity index (χ3v) is 2.45. The van der Waals surface area contributed by atoms with Crippen LogP contribution in [0.15, 0.2) is 0 Å². The summed E-state index contributed by atoms with van der Waals surface area (Å²) >= 11 is 0. The van der Waals surface area contributed by atoms with Gasteiger partial charge in [0.2, 0.25) is 11.8 Å². The molecule has 0 aromatic heterocycles. The van der Waals surface area contributed by atoms with Crippen LogP contribution in [0.4, 0.5) is 0 Å². The number of hydrogen-bond donors (Lipinski definition) is 1. The molecule has 1 aliphatic carbocycles. The number of carbonyl (C=O) groups is 2. The third-order valence-electron chi connectivity index (χ3n) is 2.45. The second-order valence-electron chi connectivity index (χ2n) is 3.74. The normalized spacial score (nSPS) is 18.0. The summed E-state index contributed by atoms with van der Waals surface area (Å²) in [6, 6.07) is 0.410. The molecule has 0 aromatic carbocycles. The lowest BCUT2D eigenvalue weighted by atomic mass is 10.1. The highest BCUT2D eigenvalue weighted by molar-refractivity contribution is 5.84. The van der Waals surface area contributed by atoms with Crippen LogP contribution >= 0.6 is 0 Å². The van der Waals surface area contributed by atoms with Crippen LogP contribution in [0.25, 0.3) is 0 Å². The van der Waals surface area contributed by atoms with E-state index >= 15 is 0 Å². The predicted molar refractivity (Wildman–Crippen MR) is 48.8 cm³/mol. The van der Waals surface area contributed by atoms with E-state index in [0.717, 1.165) is 12.8 Å². The summed E-state index contributed by atoms with van der Waals surface area (Å²) in [6.07, 6.45) is 2.42. The zero-order chi connectivity index (χ0) is 10.0. The molecule has 1 aliphatic rings. The van der Waals surface area contributed by atoms with Crippen molar-refractivity contribution in [2.45, 2.75) is 32.2 Å². The highest BCUT2D eigenvalue weighted by Crippen LogP contribution is 2.26. The maximum absolute atomic E-state index is 11.5. The van der Waals surface area contributed by atoms with Crippen molar-refractivity contribution in [3.05, 3.63) is 0 Å². The third kappa shape index (κ3) is 2.72.